The normalized spacial score (nSPS) is 21.3. The lowest BCUT2D eigenvalue weighted by Crippen LogP contribution is -2.44. The third kappa shape index (κ3) is 3.02. The first-order valence-corrected chi connectivity index (χ1v) is 7.72. The van der Waals surface area contributed by atoms with Gasteiger partial charge in [-0.2, -0.15) is 4.31 Å². The molecule has 0 spiro atoms. The van der Waals surface area contributed by atoms with Crippen LogP contribution in [0.5, 0.6) is 5.75 Å². The third-order valence-electron chi connectivity index (χ3n) is 2.96. The molecule has 0 unspecified atom stereocenters. The molecule has 1 heterocycles. The number of halogens is 1. The molecule has 1 aliphatic rings. The second-order valence-electron chi connectivity index (χ2n) is 4.34. The third-order valence-corrected chi connectivity index (χ3v) is 5.12. The van der Waals surface area contributed by atoms with Crippen LogP contribution >= 0.6 is 11.6 Å². The van der Waals surface area contributed by atoms with Crippen LogP contribution in [0.1, 0.15) is 6.92 Å². The molecule has 106 valence electrons. The summed E-state index contributed by atoms with van der Waals surface area (Å²) in [6.07, 6.45) is -0.0998. The van der Waals surface area contributed by atoms with Crippen molar-refractivity contribution in [1.82, 2.24) is 4.31 Å². The summed E-state index contributed by atoms with van der Waals surface area (Å²) in [6, 6.07) is 4.47. The molecule has 7 heteroatoms. The van der Waals surface area contributed by atoms with E-state index in [0.29, 0.717) is 25.4 Å². The van der Waals surface area contributed by atoms with E-state index in [9.17, 15) is 8.42 Å². The average molecular weight is 306 g/mol. The van der Waals surface area contributed by atoms with Gasteiger partial charge in [-0.3, -0.25) is 0 Å². The van der Waals surface area contributed by atoms with E-state index >= 15 is 0 Å². The van der Waals surface area contributed by atoms with Crippen molar-refractivity contribution in [1.29, 1.82) is 0 Å². The summed E-state index contributed by atoms with van der Waals surface area (Å²) in [5.74, 6) is 0.455. The fraction of sp³-hybridized carbons (Fsp3) is 0.500. The van der Waals surface area contributed by atoms with Gasteiger partial charge in [0, 0.05) is 13.1 Å². The Kier molecular flexibility index (Phi) is 4.35. The molecule has 1 aliphatic heterocycles. The van der Waals surface area contributed by atoms with Gasteiger partial charge in [0.05, 0.1) is 29.7 Å². The highest BCUT2D eigenvalue weighted by Crippen LogP contribution is 2.28. The molecule has 0 aromatic heterocycles. The lowest BCUT2D eigenvalue weighted by atomic mass is 10.3. The first-order valence-electron chi connectivity index (χ1n) is 5.90. The number of hydrogen-bond acceptors (Lipinski definition) is 4. The van der Waals surface area contributed by atoms with Gasteiger partial charge in [-0.25, -0.2) is 8.42 Å². The minimum atomic E-state index is -3.53. The number of sulfonamides is 1. The predicted octanol–water partition coefficient (Wildman–Crippen LogP) is 1.76. The van der Waals surface area contributed by atoms with Crippen LogP contribution in [-0.4, -0.2) is 45.6 Å². The van der Waals surface area contributed by atoms with Gasteiger partial charge in [0.1, 0.15) is 5.75 Å². The minimum absolute atomic E-state index is 0.0998. The zero-order valence-electron chi connectivity index (χ0n) is 10.8. The number of methoxy groups -OCH3 is 1. The Bertz CT molecular complexity index is 561. The fourth-order valence-electron chi connectivity index (χ4n) is 1.96. The van der Waals surface area contributed by atoms with Crippen molar-refractivity contribution in [3.05, 3.63) is 23.2 Å². The van der Waals surface area contributed by atoms with Crippen LogP contribution in [0, 0.1) is 0 Å². The molecule has 19 heavy (non-hydrogen) atoms. The van der Waals surface area contributed by atoms with Crippen LogP contribution in [0.2, 0.25) is 5.02 Å². The van der Waals surface area contributed by atoms with Crippen LogP contribution in [0.4, 0.5) is 0 Å². The van der Waals surface area contributed by atoms with Crippen molar-refractivity contribution in [2.24, 2.45) is 0 Å². The van der Waals surface area contributed by atoms with Crippen molar-refractivity contribution >= 4 is 21.6 Å². The minimum Gasteiger partial charge on any atom is -0.495 e. The van der Waals surface area contributed by atoms with E-state index in [-0.39, 0.29) is 16.0 Å². The number of benzene rings is 1. The van der Waals surface area contributed by atoms with Gasteiger partial charge in [0.15, 0.2) is 0 Å². The van der Waals surface area contributed by atoms with E-state index in [4.69, 9.17) is 21.1 Å². The van der Waals surface area contributed by atoms with Gasteiger partial charge >= 0.3 is 0 Å². The van der Waals surface area contributed by atoms with Crippen molar-refractivity contribution in [3.8, 4) is 5.75 Å². The second kappa shape index (κ2) is 5.66. The van der Waals surface area contributed by atoms with E-state index in [1.165, 1.54) is 23.5 Å². The van der Waals surface area contributed by atoms with Crippen molar-refractivity contribution in [2.45, 2.75) is 17.9 Å². The summed E-state index contributed by atoms with van der Waals surface area (Å²) in [7, 11) is -2.04. The summed E-state index contributed by atoms with van der Waals surface area (Å²) < 4.78 is 36.7. The monoisotopic (exact) mass is 305 g/mol. The lowest BCUT2D eigenvalue weighted by molar-refractivity contribution is 0.0102. The summed E-state index contributed by atoms with van der Waals surface area (Å²) in [6.45, 7) is 2.97. The van der Waals surface area contributed by atoms with E-state index in [1.807, 2.05) is 6.92 Å². The summed E-state index contributed by atoms with van der Waals surface area (Å²) in [5, 5.41) is 0.282. The topological polar surface area (TPSA) is 55.8 Å². The van der Waals surface area contributed by atoms with Gasteiger partial charge in [-0.1, -0.05) is 11.6 Å². The van der Waals surface area contributed by atoms with Gasteiger partial charge in [0.2, 0.25) is 10.0 Å². The molecule has 0 aliphatic carbocycles. The zero-order chi connectivity index (χ0) is 14.0. The molecule has 2 rings (SSSR count). The van der Waals surface area contributed by atoms with Crippen LogP contribution in [0.3, 0.4) is 0 Å². The number of ether oxygens (including phenoxy) is 2. The smallest absolute Gasteiger partial charge is 0.243 e. The van der Waals surface area contributed by atoms with Gasteiger partial charge in [-0.15, -0.1) is 0 Å². The quantitative estimate of drug-likeness (QED) is 0.854. The van der Waals surface area contributed by atoms with Crippen LogP contribution in [0.15, 0.2) is 23.1 Å². The predicted molar refractivity (Wildman–Crippen MR) is 72.2 cm³/mol. The summed E-state index contributed by atoms with van der Waals surface area (Å²) in [5.41, 5.74) is 0. The van der Waals surface area contributed by atoms with Gasteiger partial charge in [0.25, 0.3) is 0 Å². The van der Waals surface area contributed by atoms with Crippen LogP contribution in [-0.2, 0) is 14.8 Å². The Morgan fingerprint density at radius 2 is 2.21 bits per heavy atom. The molecular weight excluding hydrogens is 290 g/mol. The van der Waals surface area contributed by atoms with Crippen molar-refractivity contribution < 1.29 is 17.9 Å². The Labute approximate surface area is 118 Å². The molecule has 0 saturated carbocycles. The molecule has 1 aromatic rings. The Balaban J connectivity index is 2.31. The lowest BCUT2D eigenvalue weighted by Gasteiger charge is -2.30. The van der Waals surface area contributed by atoms with Gasteiger partial charge < -0.3 is 9.47 Å². The molecule has 1 atom stereocenters. The molecule has 0 bridgehead atoms. The number of morpholine rings is 1. The maximum atomic E-state index is 12.5. The highest BCUT2D eigenvalue weighted by molar-refractivity contribution is 7.89. The molecule has 0 radical (unpaired) electrons. The molecular formula is C12H16ClNO4S. The van der Waals surface area contributed by atoms with E-state index < -0.39 is 10.0 Å². The molecule has 0 N–H and O–H groups in total. The number of hydrogen-bond donors (Lipinski definition) is 0. The highest BCUT2D eigenvalue weighted by Gasteiger charge is 2.29. The molecule has 0 amide bonds. The maximum absolute atomic E-state index is 12.5. The average Bonchev–Trinajstić information content (AvgIpc) is 2.38. The Morgan fingerprint density at radius 3 is 2.79 bits per heavy atom. The first kappa shape index (κ1) is 14.6. The molecule has 1 aromatic carbocycles. The van der Waals surface area contributed by atoms with Crippen LogP contribution < -0.4 is 4.74 Å². The van der Waals surface area contributed by atoms with Crippen molar-refractivity contribution in [3.63, 3.8) is 0 Å². The molecule has 5 nitrogen and oxygen atoms in total. The Hall–Kier alpha value is -0.820. The molecule has 1 saturated heterocycles. The van der Waals surface area contributed by atoms with E-state index in [1.54, 1.807) is 6.07 Å². The molecule has 1 fully saturated rings. The van der Waals surface area contributed by atoms with Crippen LogP contribution in [0.25, 0.3) is 0 Å². The maximum Gasteiger partial charge on any atom is 0.243 e. The zero-order valence-corrected chi connectivity index (χ0v) is 12.4. The Morgan fingerprint density at radius 1 is 1.47 bits per heavy atom. The van der Waals surface area contributed by atoms with E-state index in [2.05, 4.69) is 0 Å². The second-order valence-corrected chi connectivity index (χ2v) is 6.69. The number of rotatable bonds is 3. The SMILES string of the molecule is COc1ccc(S(=O)(=O)N2CCO[C@@H](C)C2)cc1Cl. The first-order chi connectivity index (χ1) is 8.95. The fourth-order valence-corrected chi connectivity index (χ4v) is 3.81. The largest absolute Gasteiger partial charge is 0.495 e. The van der Waals surface area contributed by atoms with E-state index in [0.717, 1.165) is 0 Å². The van der Waals surface area contributed by atoms with Gasteiger partial charge in [-0.05, 0) is 25.1 Å². The summed E-state index contributed by atoms with van der Waals surface area (Å²) >= 11 is 5.97. The standard InChI is InChI=1S/C12H16ClNO4S/c1-9-8-14(5-6-18-9)19(15,16)10-3-4-12(17-2)11(13)7-10/h3-4,7,9H,5-6,8H2,1-2H3/t9-/m0/s1. The highest BCUT2D eigenvalue weighted by atomic mass is 35.5. The van der Waals surface area contributed by atoms with Crippen molar-refractivity contribution in [2.75, 3.05) is 26.8 Å². The number of nitrogens with zero attached hydrogens (tertiary/aromatic N) is 1. The summed E-state index contributed by atoms with van der Waals surface area (Å²) in [4.78, 5) is 0.174.